The number of ether oxygens (including phenoxy) is 4. The van der Waals surface area contributed by atoms with Crippen molar-refractivity contribution >= 4 is 0 Å². The first-order valence-electron chi connectivity index (χ1n) is 11.3. The van der Waals surface area contributed by atoms with Crippen molar-refractivity contribution in [2.75, 3.05) is 19.8 Å². The zero-order valence-corrected chi connectivity index (χ0v) is 18.7. The average molecular weight is 442 g/mol. The standard InChI is InChI=1S/C15H20O5.C6H13NO2.C2H6/c1-2-9-3-5-10(6-4-9)15-18-8-12-14(20-15)11(16)7-13(17)19-12;7-4-6-3-5(8)1-2-9-6;1-2/h2-3,5,11-17H,1,4,6-8H2;5-6,8H,1-4,7H2;1-2H3/t11?,12?,13-,14-,15?;;/m0../s1. The molecule has 0 saturated carbocycles. The van der Waals surface area contributed by atoms with Gasteiger partial charge in [-0.1, -0.05) is 38.7 Å². The number of rotatable bonds is 3. The quantitative estimate of drug-likeness (QED) is 0.520. The van der Waals surface area contributed by atoms with Crippen molar-refractivity contribution in [2.45, 2.75) is 89.1 Å². The lowest BCUT2D eigenvalue weighted by molar-refractivity contribution is -0.320. The molecule has 0 spiro atoms. The fraction of sp³-hybridized carbons (Fsp3) is 0.739. The highest BCUT2D eigenvalue weighted by Crippen LogP contribution is 2.32. The number of nitrogens with two attached hydrogens (primary N) is 1. The van der Waals surface area contributed by atoms with Crippen LogP contribution in [-0.2, 0) is 18.9 Å². The molecule has 5 N–H and O–H groups in total. The molecule has 4 aliphatic rings. The van der Waals surface area contributed by atoms with Gasteiger partial charge in [0.15, 0.2) is 12.6 Å². The Labute approximate surface area is 185 Å². The molecule has 3 heterocycles. The summed E-state index contributed by atoms with van der Waals surface area (Å²) in [6.45, 7) is 9.26. The van der Waals surface area contributed by atoms with Crippen molar-refractivity contribution in [1.29, 1.82) is 0 Å². The van der Waals surface area contributed by atoms with E-state index in [0.29, 0.717) is 26.2 Å². The minimum atomic E-state index is -0.943. The summed E-state index contributed by atoms with van der Waals surface area (Å²) in [5.74, 6) is 0. The van der Waals surface area contributed by atoms with Gasteiger partial charge >= 0.3 is 0 Å². The molecule has 7 atom stereocenters. The van der Waals surface area contributed by atoms with E-state index in [9.17, 15) is 10.2 Å². The SMILES string of the molecule is C=CC1=CC=C(C2OCC3O[C@H](O)CC(O)[C@@H]3O2)CC1.CC.NCC1CC(O)CCO1. The second kappa shape index (κ2) is 13.4. The normalized spacial score (nSPS) is 37.5. The summed E-state index contributed by atoms with van der Waals surface area (Å²) in [5.41, 5.74) is 7.59. The van der Waals surface area contributed by atoms with Crippen molar-refractivity contribution in [2.24, 2.45) is 5.73 Å². The summed E-state index contributed by atoms with van der Waals surface area (Å²) in [5, 5.41) is 28.5. The summed E-state index contributed by atoms with van der Waals surface area (Å²) in [7, 11) is 0. The molecule has 0 aromatic rings. The topological polar surface area (TPSA) is 124 Å². The van der Waals surface area contributed by atoms with E-state index in [2.05, 4.69) is 6.58 Å². The molecule has 8 heteroatoms. The lowest BCUT2D eigenvalue weighted by Crippen LogP contribution is -2.56. The summed E-state index contributed by atoms with van der Waals surface area (Å²) < 4.78 is 22.0. The van der Waals surface area contributed by atoms with Crippen LogP contribution in [0.15, 0.2) is 36.0 Å². The molecule has 0 amide bonds. The van der Waals surface area contributed by atoms with Gasteiger partial charge in [0.2, 0.25) is 0 Å². The van der Waals surface area contributed by atoms with Gasteiger partial charge in [-0.05, 0) is 30.4 Å². The molecule has 31 heavy (non-hydrogen) atoms. The summed E-state index contributed by atoms with van der Waals surface area (Å²) in [6.07, 6.45) is 6.24. The Morgan fingerprint density at radius 1 is 1.10 bits per heavy atom. The van der Waals surface area contributed by atoms with Crippen LogP contribution in [0.3, 0.4) is 0 Å². The average Bonchev–Trinajstić information content (AvgIpc) is 2.80. The maximum absolute atomic E-state index is 10.0. The van der Waals surface area contributed by atoms with E-state index in [1.54, 1.807) is 0 Å². The lowest BCUT2D eigenvalue weighted by Gasteiger charge is -2.43. The van der Waals surface area contributed by atoms with Gasteiger partial charge in [0.25, 0.3) is 0 Å². The number of allylic oxidation sites excluding steroid dienone is 4. The molecule has 8 nitrogen and oxygen atoms in total. The van der Waals surface area contributed by atoms with Crippen LogP contribution in [-0.4, -0.2) is 78.2 Å². The Kier molecular flexibility index (Phi) is 11.3. The highest BCUT2D eigenvalue weighted by atomic mass is 16.7. The van der Waals surface area contributed by atoms with Crippen LogP contribution >= 0.6 is 0 Å². The molecule has 0 aromatic heterocycles. The fourth-order valence-corrected chi connectivity index (χ4v) is 3.85. The smallest absolute Gasteiger partial charge is 0.180 e. The Morgan fingerprint density at radius 2 is 1.87 bits per heavy atom. The molecule has 5 unspecified atom stereocenters. The van der Waals surface area contributed by atoms with Gasteiger partial charge in [0.1, 0.15) is 12.2 Å². The Balaban J connectivity index is 0.000000261. The Bertz CT molecular complexity index is 609. The van der Waals surface area contributed by atoms with E-state index in [1.165, 1.54) is 5.57 Å². The van der Waals surface area contributed by atoms with E-state index in [0.717, 1.165) is 24.8 Å². The molecule has 1 aliphatic carbocycles. The van der Waals surface area contributed by atoms with Gasteiger partial charge in [-0.15, -0.1) is 0 Å². The van der Waals surface area contributed by atoms with Crippen molar-refractivity contribution in [3.63, 3.8) is 0 Å². The van der Waals surface area contributed by atoms with Crippen LogP contribution in [0.2, 0.25) is 0 Å². The second-order valence-corrected chi connectivity index (χ2v) is 7.79. The van der Waals surface area contributed by atoms with Gasteiger partial charge in [-0.25, -0.2) is 0 Å². The first kappa shape index (κ1) is 26.2. The predicted molar refractivity (Wildman–Crippen MR) is 117 cm³/mol. The molecule has 3 saturated heterocycles. The molecular formula is C23H39NO7. The highest BCUT2D eigenvalue weighted by molar-refractivity contribution is 5.31. The van der Waals surface area contributed by atoms with Crippen LogP contribution < -0.4 is 5.73 Å². The molecule has 178 valence electrons. The van der Waals surface area contributed by atoms with Gasteiger partial charge in [0, 0.05) is 26.0 Å². The summed E-state index contributed by atoms with van der Waals surface area (Å²) in [6, 6.07) is 0. The van der Waals surface area contributed by atoms with E-state index in [4.69, 9.17) is 29.8 Å². The maximum Gasteiger partial charge on any atom is 0.180 e. The van der Waals surface area contributed by atoms with Gasteiger partial charge in [0.05, 0.1) is 24.9 Å². The minimum Gasteiger partial charge on any atom is -0.393 e. The third-order valence-electron chi connectivity index (χ3n) is 5.59. The predicted octanol–water partition coefficient (Wildman–Crippen LogP) is 1.54. The van der Waals surface area contributed by atoms with Gasteiger partial charge in [-0.2, -0.15) is 0 Å². The molecule has 3 fully saturated rings. The van der Waals surface area contributed by atoms with Crippen molar-refractivity contribution < 1.29 is 34.3 Å². The maximum atomic E-state index is 10.0. The second-order valence-electron chi connectivity index (χ2n) is 7.79. The Hall–Kier alpha value is -1.10. The highest BCUT2D eigenvalue weighted by Gasteiger charge is 2.43. The number of aliphatic hydroxyl groups is 3. The lowest BCUT2D eigenvalue weighted by atomic mass is 9.96. The molecular weight excluding hydrogens is 402 g/mol. The molecule has 0 bridgehead atoms. The number of fused-ring (bicyclic) bond motifs is 1. The number of hydrogen-bond acceptors (Lipinski definition) is 8. The van der Waals surface area contributed by atoms with Crippen LogP contribution in [0, 0.1) is 0 Å². The van der Waals surface area contributed by atoms with Crippen LogP contribution in [0.4, 0.5) is 0 Å². The van der Waals surface area contributed by atoms with Gasteiger partial charge < -0.3 is 40.0 Å². The van der Waals surface area contributed by atoms with Crippen LogP contribution in [0.25, 0.3) is 0 Å². The zero-order chi connectivity index (χ0) is 22.8. The Morgan fingerprint density at radius 3 is 2.45 bits per heavy atom. The number of aliphatic hydroxyl groups excluding tert-OH is 3. The molecule has 0 radical (unpaired) electrons. The third-order valence-corrected chi connectivity index (χ3v) is 5.59. The first-order chi connectivity index (χ1) is 15.0. The number of hydrogen-bond donors (Lipinski definition) is 4. The minimum absolute atomic E-state index is 0.0914. The summed E-state index contributed by atoms with van der Waals surface area (Å²) in [4.78, 5) is 0. The van der Waals surface area contributed by atoms with Crippen molar-refractivity contribution in [1.82, 2.24) is 0 Å². The van der Waals surface area contributed by atoms with Crippen LogP contribution in [0.1, 0.15) is 46.0 Å². The van der Waals surface area contributed by atoms with E-state index in [-0.39, 0.29) is 18.6 Å². The van der Waals surface area contributed by atoms with Gasteiger partial charge in [-0.3, -0.25) is 0 Å². The summed E-state index contributed by atoms with van der Waals surface area (Å²) >= 11 is 0. The van der Waals surface area contributed by atoms with E-state index < -0.39 is 30.9 Å². The molecule has 0 aromatic carbocycles. The fourth-order valence-electron chi connectivity index (χ4n) is 3.85. The van der Waals surface area contributed by atoms with Crippen molar-refractivity contribution in [3.8, 4) is 0 Å². The van der Waals surface area contributed by atoms with E-state index >= 15 is 0 Å². The largest absolute Gasteiger partial charge is 0.393 e. The zero-order valence-electron chi connectivity index (χ0n) is 18.7. The monoisotopic (exact) mass is 441 g/mol. The first-order valence-corrected chi connectivity index (χ1v) is 11.3. The molecule has 4 rings (SSSR count). The van der Waals surface area contributed by atoms with Crippen molar-refractivity contribution in [3.05, 3.63) is 36.0 Å². The molecule has 3 aliphatic heterocycles. The van der Waals surface area contributed by atoms with Crippen LogP contribution in [0.5, 0.6) is 0 Å². The van der Waals surface area contributed by atoms with E-state index in [1.807, 2.05) is 32.1 Å². The third kappa shape index (κ3) is 7.76.